The smallest absolute Gasteiger partial charge is 0.187 e. The fourth-order valence-electron chi connectivity index (χ4n) is 1.45. The molecule has 0 aliphatic rings. The molecule has 0 fully saturated rings. The van der Waals surface area contributed by atoms with Crippen molar-refractivity contribution in [3.8, 4) is 11.5 Å². The summed E-state index contributed by atoms with van der Waals surface area (Å²) in [6.45, 7) is 3.26. The van der Waals surface area contributed by atoms with Crippen molar-refractivity contribution >= 4 is 11.8 Å². The number of rotatable bonds is 7. The summed E-state index contributed by atoms with van der Waals surface area (Å²) in [7, 11) is 0. The highest BCUT2D eigenvalue weighted by molar-refractivity contribution is 7.99. The van der Waals surface area contributed by atoms with Crippen LogP contribution in [-0.4, -0.2) is 28.9 Å². The van der Waals surface area contributed by atoms with Crippen molar-refractivity contribution in [3.63, 3.8) is 0 Å². The quantitative estimate of drug-likeness (QED) is 0.442. The summed E-state index contributed by atoms with van der Waals surface area (Å²) in [4.78, 5) is 8.27. The third-order valence-corrected chi connectivity index (χ3v) is 3.10. The van der Waals surface area contributed by atoms with E-state index in [1.807, 2.05) is 31.2 Å². The molecule has 0 spiro atoms. The molecule has 1 heterocycles. The van der Waals surface area contributed by atoms with Crippen molar-refractivity contribution in [1.29, 1.82) is 0 Å². The molecule has 0 atom stereocenters. The predicted molar refractivity (Wildman–Crippen MR) is 75.9 cm³/mol. The number of aromatic nitrogens is 2. The van der Waals surface area contributed by atoms with Gasteiger partial charge >= 0.3 is 0 Å². The summed E-state index contributed by atoms with van der Waals surface area (Å²) in [6.07, 6.45) is 3.48. The van der Waals surface area contributed by atoms with E-state index in [0.29, 0.717) is 13.2 Å². The lowest BCUT2D eigenvalue weighted by atomic mass is 10.3. The van der Waals surface area contributed by atoms with Crippen LogP contribution in [0.2, 0.25) is 0 Å². The van der Waals surface area contributed by atoms with Crippen molar-refractivity contribution in [2.45, 2.75) is 12.1 Å². The third-order valence-electron chi connectivity index (χ3n) is 2.26. The Bertz CT molecular complexity index is 477. The minimum absolute atomic E-state index is 0.622. The Hall–Kier alpha value is -1.75. The second-order valence-corrected chi connectivity index (χ2v) is 4.69. The van der Waals surface area contributed by atoms with Gasteiger partial charge in [-0.3, -0.25) is 0 Å². The summed E-state index contributed by atoms with van der Waals surface area (Å²) < 4.78 is 11.0. The summed E-state index contributed by atoms with van der Waals surface area (Å²) >= 11 is 1.58. The van der Waals surface area contributed by atoms with Crippen LogP contribution in [0.1, 0.15) is 6.92 Å². The number of hydrogen-bond donors (Lipinski definition) is 0. The number of nitrogens with zero attached hydrogens (tertiary/aromatic N) is 2. The van der Waals surface area contributed by atoms with Crippen molar-refractivity contribution in [2.24, 2.45) is 0 Å². The molecule has 0 radical (unpaired) electrons. The average Bonchev–Trinajstić information content (AvgIpc) is 2.47. The molecule has 1 aromatic heterocycles. The van der Waals surface area contributed by atoms with Gasteiger partial charge in [0.05, 0.1) is 13.2 Å². The first-order valence-corrected chi connectivity index (χ1v) is 7.12. The van der Waals surface area contributed by atoms with Crippen molar-refractivity contribution < 1.29 is 9.47 Å². The van der Waals surface area contributed by atoms with Gasteiger partial charge in [0.1, 0.15) is 11.5 Å². The maximum Gasteiger partial charge on any atom is 0.187 e. The van der Waals surface area contributed by atoms with Crippen LogP contribution in [0, 0.1) is 0 Å². The van der Waals surface area contributed by atoms with E-state index in [4.69, 9.17) is 9.47 Å². The zero-order chi connectivity index (χ0) is 13.3. The molecule has 0 saturated carbocycles. The van der Waals surface area contributed by atoms with Crippen molar-refractivity contribution in [1.82, 2.24) is 9.97 Å². The Kier molecular flexibility index (Phi) is 5.49. The molecule has 1 aromatic carbocycles. The van der Waals surface area contributed by atoms with E-state index >= 15 is 0 Å². The van der Waals surface area contributed by atoms with Crippen molar-refractivity contribution in [3.05, 3.63) is 42.7 Å². The zero-order valence-electron chi connectivity index (χ0n) is 10.8. The number of hydrogen-bond acceptors (Lipinski definition) is 5. The van der Waals surface area contributed by atoms with Crippen LogP contribution in [0.5, 0.6) is 11.5 Å². The van der Waals surface area contributed by atoms with Crippen LogP contribution in [0.3, 0.4) is 0 Å². The minimum Gasteiger partial charge on any atom is -0.494 e. The first-order chi connectivity index (χ1) is 9.38. The molecule has 19 heavy (non-hydrogen) atoms. The standard InChI is InChI=1S/C14H16N2O2S/c1-2-17-12-4-6-13(7-5-12)18-10-11-19-14-15-8-3-9-16-14/h3-9H,2,10-11H2,1H3. The topological polar surface area (TPSA) is 44.2 Å². The van der Waals surface area contributed by atoms with E-state index in [1.165, 1.54) is 0 Å². The van der Waals surface area contributed by atoms with Crippen LogP contribution < -0.4 is 9.47 Å². The Balaban J connectivity index is 1.70. The summed E-state index contributed by atoms with van der Waals surface area (Å²) in [5.41, 5.74) is 0. The Morgan fingerprint density at radius 2 is 1.63 bits per heavy atom. The molecule has 0 saturated heterocycles. The molecule has 0 aliphatic heterocycles. The Morgan fingerprint density at radius 1 is 1.00 bits per heavy atom. The summed E-state index contributed by atoms with van der Waals surface area (Å²) in [5, 5.41) is 0.776. The molecule has 0 aliphatic carbocycles. The normalized spacial score (nSPS) is 10.2. The molecule has 5 heteroatoms. The molecule has 0 N–H and O–H groups in total. The average molecular weight is 276 g/mol. The van der Waals surface area contributed by atoms with E-state index in [1.54, 1.807) is 30.2 Å². The summed E-state index contributed by atoms with van der Waals surface area (Å²) in [5.74, 6) is 2.52. The van der Waals surface area contributed by atoms with Gasteiger partial charge in [-0.05, 0) is 37.3 Å². The molecule has 0 amide bonds. The highest BCUT2D eigenvalue weighted by Crippen LogP contribution is 2.18. The SMILES string of the molecule is CCOc1ccc(OCCSc2ncccn2)cc1. The maximum absolute atomic E-state index is 5.63. The van der Waals surface area contributed by atoms with Gasteiger partial charge < -0.3 is 9.47 Å². The number of thioether (sulfide) groups is 1. The van der Waals surface area contributed by atoms with Crippen LogP contribution >= 0.6 is 11.8 Å². The lowest BCUT2D eigenvalue weighted by Crippen LogP contribution is -2.01. The van der Waals surface area contributed by atoms with E-state index < -0.39 is 0 Å². The van der Waals surface area contributed by atoms with E-state index in [9.17, 15) is 0 Å². The molecule has 100 valence electrons. The Morgan fingerprint density at radius 3 is 2.26 bits per heavy atom. The lowest BCUT2D eigenvalue weighted by molar-refractivity contribution is 0.332. The van der Waals surface area contributed by atoms with Gasteiger partial charge in [0.15, 0.2) is 5.16 Å². The molecular weight excluding hydrogens is 260 g/mol. The minimum atomic E-state index is 0.622. The number of benzene rings is 1. The largest absolute Gasteiger partial charge is 0.494 e. The van der Waals surface area contributed by atoms with E-state index in [2.05, 4.69) is 9.97 Å². The second kappa shape index (κ2) is 7.63. The van der Waals surface area contributed by atoms with Gasteiger partial charge in [-0.2, -0.15) is 0 Å². The first-order valence-electron chi connectivity index (χ1n) is 6.14. The van der Waals surface area contributed by atoms with Crippen LogP contribution in [0.25, 0.3) is 0 Å². The van der Waals surface area contributed by atoms with Gasteiger partial charge in [-0.15, -0.1) is 0 Å². The zero-order valence-corrected chi connectivity index (χ0v) is 11.6. The highest BCUT2D eigenvalue weighted by Gasteiger charge is 1.98. The van der Waals surface area contributed by atoms with Gasteiger partial charge in [0.25, 0.3) is 0 Å². The molecule has 0 bridgehead atoms. The van der Waals surface area contributed by atoms with Gasteiger partial charge in [0, 0.05) is 18.1 Å². The maximum atomic E-state index is 5.63. The monoisotopic (exact) mass is 276 g/mol. The molecular formula is C14H16N2O2S. The molecule has 2 aromatic rings. The van der Waals surface area contributed by atoms with E-state index in [0.717, 1.165) is 22.4 Å². The van der Waals surface area contributed by atoms with Gasteiger partial charge in [0.2, 0.25) is 0 Å². The molecule has 2 rings (SSSR count). The first kappa shape index (κ1) is 13.7. The second-order valence-electron chi connectivity index (χ2n) is 3.63. The molecule has 4 nitrogen and oxygen atoms in total. The predicted octanol–water partition coefficient (Wildman–Crippen LogP) is 3.05. The third kappa shape index (κ3) is 4.79. The fraction of sp³-hybridized carbons (Fsp3) is 0.286. The van der Waals surface area contributed by atoms with Gasteiger partial charge in [-0.1, -0.05) is 11.8 Å². The Labute approximate surface area is 117 Å². The van der Waals surface area contributed by atoms with Crippen LogP contribution in [0.4, 0.5) is 0 Å². The fourth-order valence-corrected chi connectivity index (χ4v) is 2.07. The van der Waals surface area contributed by atoms with E-state index in [-0.39, 0.29) is 0 Å². The van der Waals surface area contributed by atoms with Crippen molar-refractivity contribution in [2.75, 3.05) is 19.0 Å². The molecule has 0 unspecified atom stereocenters. The highest BCUT2D eigenvalue weighted by atomic mass is 32.2. The van der Waals surface area contributed by atoms with Crippen LogP contribution in [0.15, 0.2) is 47.9 Å². The van der Waals surface area contributed by atoms with Crippen LogP contribution in [-0.2, 0) is 0 Å². The van der Waals surface area contributed by atoms with Gasteiger partial charge in [-0.25, -0.2) is 9.97 Å². The lowest BCUT2D eigenvalue weighted by Gasteiger charge is -2.07. The summed E-state index contributed by atoms with van der Waals surface area (Å²) in [6, 6.07) is 9.45. The number of ether oxygens (including phenoxy) is 2.